The predicted molar refractivity (Wildman–Crippen MR) is 166 cm³/mol. The highest BCUT2D eigenvalue weighted by atomic mass is 15.1. The maximum atomic E-state index is 4.36. The Morgan fingerprint density at radius 2 is 1.81 bits per heavy atom. The first-order valence-electron chi connectivity index (χ1n) is 13.5. The second kappa shape index (κ2) is 16.7. The molecule has 0 aromatic heterocycles. The lowest BCUT2D eigenvalue weighted by Crippen LogP contribution is -2.25. The standard InChI is InChI=1S/C34H51N3/c1-12-16-27(4)32-18-14-19-33(25-32)28(5)21-20-26(3)31(8)37(23-15-22-35-9)30(7)24-29(6)34(17-13-2)36(10)11/h13-14,17-21,24-25,27,35H,2,5-6,12,15-16,22-23H2,1,3-4,7-11H3/b21-20-,30-24+,31-26+,34-17-. The molecule has 1 N–H and O–H groups in total. The Kier molecular flexibility index (Phi) is 14.4. The first kappa shape index (κ1) is 32.0. The molecule has 1 aromatic rings. The quantitative estimate of drug-likeness (QED) is 0.181. The van der Waals surface area contributed by atoms with Crippen molar-refractivity contribution in [1.82, 2.24) is 15.1 Å². The van der Waals surface area contributed by atoms with Crippen molar-refractivity contribution in [2.45, 2.75) is 59.8 Å². The van der Waals surface area contributed by atoms with Crippen LogP contribution in [0.3, 0.4) is 0 Å². The normalized spacial score (nSPS) is 13.8. The molecule has 3 heteroatoms. The van der Waals surface area contributed by atoms with Crippen LogP contribution in [0.2, 0.25) is 0 Å². The van der Waals surface area contributed by atoms with Crippen LogP contribution < -0.4 is 5.32 Å². The van der Waals surface area contributed by atoms with E-state index < -0.39 is 0 Å². The fraction of sp³-hybridized carbons (Fsp3) is 0.412. The number of rotatable bonds is 16. The van der Waals surface area contributed by atoms with Gasteiger partial charge in [-0.2, -0.15) is 0 Å². The average molecular weight is 502 g/mol. The van der Waals surface area contributed by atoms with Gasteiger partial charge in [0.1, 0.15) is 0 Å². The van der Waals surface area contributed by atoms with Crippen molar-refractivity contribution in [3.63, 3.8) is 0 Å². The molecule has 0 saturated carbocycles. The maximum absolute atomic E-state index is 4.36. The second-order valence-electron chi connectivity index (χ2n) is 10.0. The van der Waals surface area contributed by atoms with Crippen LogP contribution in [0, 0.1) is 0 Å². The summed E-state index contributed by atoms with van der Waals surface area (Å²) in [6, 6.07) is 8.83. The van der Waals surface area contributed by atoms with Crippen LogP contribution in [0.5, 0.6) is 0 Å². The minimum atomic E-state index is 0.565. The third-order valence-corrected chi connectivity index (χ3v) is 6.76. The van der Waals surface area contributed by atoms with Gasteiger partial charge in [0.25, 0.3) is 0 Å². The summed E-state index contributed by atoms with van der Waals surface area (Å²) in [6.45, 7) is 25.5. The van der Waals surface area contributed by atoms with Gasteiger partial charge in [-0.05, 0) is 93.1 Å². The molecule has 1 atom stereocenters. The molecule has 0 saturated heterocycles. The van der Waals surface area contributed by atoms with Gasteiger partial charge in [0.05, 0.1) is 0 Å². The summed E-state index contributed by atoms with van der Waals surface area (Å²) in [7, 11) is 6.06. The molecule has 202 valence electrons. The maximum Gasteiger partial charge on any atom is 0.0429 e. The van der Waals surface area contributed by atoms with Gasteiger partial charge in [0.2, 0.25) is 0 Å². The van der Waals surface area contributed by atoms with Crippen molar-refractivity contribution in [3.8, 4) is 0 Å². The van der Waals surface area contributed by atoms with Gasteiger partial charge in [0, 0.05) is 37.7 Å². The highest BCUT2D eigenvalue weighted by Gasteiger charge is 2.12. The number of nitrogens with one attached hydrogen (secondary N) is 1. The molecule has 1 unspecified atom stereocenters. The first-order chi connectivity index (χ1) is 17.6. The van der Waals surface area contributed by atoms with E-state index in [0.717, 1.165) is 36.4 Å². The molecule has 0 spiro atoms. The summed E-state index contributed by atoms with van der Waals surface area (Å²) < 4.78 is 0. The fourth-order valence-corrected chi connectivity index (χ4v) is 4.38. The van der Waals surface area contributed by atoms with E-state index in [1.807, 2.05) is 33.3 Å². The zero-order valence-electron chi connectivity index (χ0n) is 24.8. The first-order valence-corrected chi connectivity index (χ1v) is 13.5. The van der Waals surface area contributed by atoms with Gasteiger partial charge in [-0.25, -0.2) is 0 Å². The van der Waals surface area contributed by atoms with E-state index in [9.17, 15) is 0 Å². The fourth-order valence-electron chi connectivity index (χ4n) is 4.38. The summed E-state index contributed by atoms with van der Waals surface area (Å²) in [5.41, 5.74) is 9.23. The molecule has 0 aliphatic heterocycles. The number of hydrogen-bond donors (Lipinski definition) is 1. The van der Waals surface area contributed by atoms with Gasteiger partial charge < -0.3 is 15.1 Å². The van der Waals surface area contributed by atoms with E-state index in [1.165, 1.54) is 40.9 Å². The van der Waals surface area contributed by atoms with Gasteiger partial charge in [-0.3, -0.25) is 0 Å². The number of likely N-dealkylation sites (N-methyl/N-ethyl adjacent to an activating group) is 1. The van der Waals surface area contributed by atoms with E-state index in [1.54, 1.807) is 0 Å². The van der Waals surface area contributed by atoms with Gasteiger partial charge in [0.15, 0.2) is 0 Å². The average Bonchev–Trinajstić information content (AvgIpc) is 2.87. The van der Waals surface area contributed by atoms with E-state index in [2.05, 4.69) is 112 Å². The molecule has 0 radical (unpaired) electrons. The van der Waals surface area contributed by atoms with Crippen LogP contribution in [-0.2, 0) is 0 Å². The van der Waals surface area contributed by atoms with Crippen molar-refractivity contribution in [1.29, 1.82) is 0 Å². The Morgan fingerprint density at radius 1 is 1.11 bits per heavy atom. The Hall–Kier alpha value is -3.04. The van der Waals surface area contributed by atoms with Gasteiger partial charge >= 0.3 is 0 Å². The minimum absolute atomic E-state index is 0.565. The van der Waals surface area contributed by atoms with Crippen LogP contribution in [0.4, 0.5) is 0 Å². The summed E-state index contributed by atoms with van der Waals surface area (Å²) in [5.74, 6) is 0.565. The Bertz CT molecular complexity index is 1030. The van der Waals surface area contributed by atoms with E-state index in [0.29, 0.717) is 5.92 Å². The molecule has 0 fully saturated rings. The lowest BCUT2D eigenvalue weighted by Gasteiger charge is -2.28. The van der Waals surface area contributed by atoms with E-state index >= 15 is 0 Å². The van der Waals surface area contributed by atoms with E-state index in [-0.39, 0.29) is 0 Å². The van der Waals surface area contributed by atoms with Crippen LogP contribution in [0.1, 0.15) is 70.9 Å². The monoisotopic (exact) mass is 501 g/mol. The Morgan fingerprint density at radius 3 is 2.41 bits per heavy atom. The third-order valence-electron chi connectivity index (χ3n) is 6.76. The van der Waals surface area contributed by atoms with E-state index in [4.69, 9.17) is 0 Å². The molecular weight excluding hydrogens is 450 g/mol. The summed E-state index contributed by atoms with van der Waals surface area (Å²) in [4.78, 5) is 4.46. The molecule has 0 amide bonds. The van der Waals surface area contributed by atoms with Crippen molar-refractivity contribution in [3.05, 3.63) is 114 Å². The zero-order valence-corrected chi connectivity index (χ0v) is 24.8. The van der Waals surface area contributed by atoms with Crippen molar-refractivity contribution >= 4 is 5.57 Å². The topological polar surface area (TPSA) is 18.5 Å². The van der Waals surface area contributed by atoms with Crippen molar-refractivity contribution in [2.24, 2.45) is 0 Å². The largest absolute Gasteiger partial charge is 0.377 e. The Labute approximate surface area is 228 Å². The van der Waals surface area contributed by atoms with Crippen molar-refractivity contribution in [2.75, 3.05) is 34.2 Å². The van der Waals surface area contributed by atoms with Gasteiger partial charge in [-0.1, -0.05) is 82.5 Å². The summed E-state index contributed by atoms with van der Waals surface area (Å²) >= 11 is 0. The minimum Gasteiger partial charge on any atom is -0.377 e. The molecule has 1 rings (SSSR count). The summed E-state index contributed by atoms with van der Waals surface area (Å²) in [5, 5.41) is 3.27. The lowest BCUT2D eigenvalue weighted by atomic mass is 9.93. The second-order valence-corrected chi connectivity index (χ2v) is 10.0. The predicted octanol–water partition coefficient (Wildman–Crippen LogP) is 8.46. The molecule has 0 heterocycles. The highest BCUT2D eigenvalue weighted by molar-refractivity contribution is 5.73. The number of hydrogen-bond acceptors (Lipinski definition) is 3. The zero-order chi connectivity index (χ0) is 28.0. The molecule has 3 nitrogen and oxygen atoms in total. The van der Waals surface area contributed by atoms with Crippen LogP contribution >= 0.6 is 0 Å². The van der Waals surface area contributed by atoms with Crippen LogP contribution in [0.25, 0.3) is 5.57 Å². The molecular formula is C34H51N3. The molecule has 1 aromatic carbocycles. The molecule has 0 aliphatic rings. The summed E-state index contributed by atoms with van der Waals surface area (Å²) in [6.07, 6.45) is 13.7. The third kappa shape index (κ3) is 10.5. The number of nitrogens with zero attached hydrogens (tertiary/aromatic N) is 2. The van der Waals surface area contributed by atoms with Gasteiger partial charge in [-0.15, -0.1) is 0 Å². The van der Waals surface area contributed by atoms with Crippen LogP contribution in [0.15, 0.2) is 103 Å². The molecule has 0 aliphatic carbocycles. The van der Waals surface area contributed by atoms with Crippen molar-refractivity contribution < 1.29 is 0 Å². The SMILES string of the molecule is C=C/C=C(/C(=C)/C=C(\C)N(CCCNC)/C(C)=C(C)/C=C\C(=C)c1cccc(C(C)CCC)c1)N(C)C. The highest BCUT2D eigenvalue weighted by Crippen LogP contribution is 2.25. The molecule has 37 heavy (non-hydrogen) atoms. The Balaban J connectivity index is 3.24. The smallest absolute Gasteiger partial charge is 0.0429 e. The van der Waals surface area contributed by atoms with Crippen LogP contribution in [-0.4, -0.2) is 44.0 Å². The lowest BCUT2D eigenvalue weighted by molar-refractivity contribution is 0.411. The number of allylic oxidation sites excluding steroid dienone is 9. The molecule has 0 bridgehead atoms. The number of benzene rings is 1.